The summed E-state index contributed by atoms with van der Waals surface area (Å²) in [7, 11) is -3.82. The summed E-state index contributed by atoms with van der Waals surface area (Å²) in [4.78, 5) is 10.3. The molecule has 0 aliphatic heterocycles. The van der Waals surface area contributed by atoms with Crippen molar-refractivity contribution in [3.8, 4) is 0 Å². The van der Waals surface area contributed by atoms with Gasteiger partial charge in [-0.1, -0.05) is 5.16 Å². The van der Waals surface area contributed by atoms with E-state index < -0.39 is 22.5 Å². The predicted molar refractivity (Wildman–Crippen MR) is 57.2 cm³/mol. The first-order valence-corrected chi connectivity index (χ1v) is 6.12. The highest BCUT2D eigenvalue weighted by Gasteiger charge is 2.18. The highest BCUT2D eigenvalue weighted by molar-refractivity contribution is 7.92. The summed E-state index contributed by atoms with van der Waals surface area (Å²) >= 11 is 0. The molecule has 0 aromatic carbocycles. The van der Waals surface area contributed by atoms with Crippen LogP contribution in [0.5, 0.6) is 0 Å². The molecule has 0 aliphatic rings. The lowest BCUT2D eigenvalue weighted by Crippen LogP contribution is -2.12. The van der Waals surface area contributed by atoms with Crippen molar-refractivity contribution in [2.75, 3.05) is 4.72 Å². The van der Waals surface area contributed by atoms with E-state index in [0.717, 1.165) is 23.3 Å². The van der Waals surface area contributed by atoms with Crippen LogP contribution in [-0.2, 0) is 21.4 Å². The average Bonchev–Trinajstić information content (AvgIpc) is 2.87. The number of carboxylic acid groups (broad SMARTS) is 1. The van der Waals surface area contributed by atoms with Gasteiger partial charge in [0.25, 0.3) is 10.0 Å². The van der Waals surface area contributed by atoms with Gasteiger partial charge < -0.3 is 9.63 Å². The zero-order valence-corrected chi connectivity index (χ0v) is 9.66. The van der Waals surface area contributed by atoms with E-state index in [4.69, 9.17) is 5.11 Å². The Kier molecular flexibility index (Phi) is 3.02. The molecule has 18 heavy (non-hydrogen) atoms. The van der Waals surface area contributed by atoms with E-state index in [9.17, 15) is 13.2 Å². The number of hydrogen-bond acceptors (Lipinski definition) is 6. The molecule has 0 bridgehead atoms. The van der Waals surface area contributed by atoms with E-state index in [1.54, 1.807) is 0 Å². The van der Waals surface area contributed by atoms with Gasteiger partial charge in [0.1, 0.15) is 23.4 Å². The van der Waals surface area contributed by atoms with Crippen LogP contribution in [0.2, 0.25) is 0 Å². The van der Waals surface area contributed by atoms with E-state index in [-0.39, 0.29) is 10.6 Å². The molecule has 2 aromatic rings. The Hall–Kier alpha value is -2.36. The maximum atomic E-state index is 11.8. The maximum absolute atomic E-state index is 11.8. The van der Waals surface area contributed by atoms with Gasteiger partial charge in [0.2, 0.25) is 0 Å². The molecule has 96 valence electrons. The molecule has 0 unspecified atom stereocenters. The van der Waals surface area contributed by atoms with E-state index >= 15 is 0 Å². The van der Waals surface area contributed by atoms with Gasteiger partial charge >= 0.3 is 5.97 Å². The molecular weight excluding hydrogens is 264 g/mol. The lowest BCUT2D eigenvalue weighted by molar-refractivity contribution is -0.137. The summed E-state index contributed by atoms with van der Waals surface area (Å²) in [6, 6.07) is 0. The molecule has 2 heterocycles. The molecule has 2 N–H and O–H groups in total. The lowest BCUT2D eigenvalue weighted by Gasteiger charge is -2.01. The molecule has 2 rings (SSSR count). The van der Waals surface area contributed by atoms with Crippen molar-refractivity contribution < 1.29 is 22.8 Å². The number of carboxylic acids is 1. The third kappa shape index (κ3) is 2.66. The minimum atomic E-state index is -3.82. The van der Waals surface area contributed by atoms with Crippen molar-refractivity contribution in [1.29, 1.82) is 0 Å². The van der Waals surface area contributed by atoms with Gasteiger partial charge in [-0.15, -0.1) is 0 Å². The van der Waals surface area contributed by atoms with Crippen molar-refractivity contribution in [2.45, 2.75) is 11.4 Å². The van der Waals surface area contributed by atoms with Gasteiger partial charge in [0, 0.05) is 6.20 Å². The van der Waals surface area contributed by atoms with Crippen LogP contribution in [0, 0.1) is 0 Å². The zero-order valence-electron chi connectivity index (χ0n) is 8.85. The first-order valence-electron chi connectivity index (χ1n) is 4.64. The Morgan fingerprint density at radius 2 is 2.28 bits per heavy atom. The number of aromatic nitrogens is 3. The van der Waals surface area contributed by atoms with Crippen molar-refractivity contribution in [2.24, 2.45) is 0 Å². The fourth-order valence-electron chi connectivity index (χ4n) is 1.18. The molecule has 0 amide bonds. The number of hydrogen-bond donors (Lipinski definition) is 2. The van der Waals surface area contributed by atoms with Crippen molar-refractivity contribution >= 4 is 21.7 Å². The summed E-state index contributed by atoms with van der Waals surface area (Å²) in [5.74, 6) is -1.12. The van der Waals surface area contributed by atoms with E-state index in [1.165, 1.54) is 6.20 Å². The van der Waals surface area contributed by atoms with E-state index in [1.807, 2.05) is 0 Å². The topological polar surface area (TPSA) is 127 Å². The van der Waals surface area contributed by atoms with Crippen LogP contribution in [0.15, 0.2) is 34.3 Å². The highest BCUT2D eigenvalue weighted by atomic mass is 32.2. The molecule has 0 spiro atoms. The fourth-order valence-corrected chi connectivity index (χ4v) is 2.15. The fraction of sp³-hybridized carbons (Fsp3) is 0.125. The monoisotopic (exact) mass is 272 g/mol. The molecule has 0 radical (unpaired) electrons. The number of sulfonamides is 1. The first kappa shape index (κ1) is 12.1. The summed E-state index contributed by atoms with van der Waals surface area (Å²) in [6.07, 6.45) is 4.49. The Balaban J connectivity index is 2.19. The first-order chi connectivity index (χ1) is 8.47. The molecule has 2 aromatic heterocycles. The highest BCUT2D eigenvalue weighted by Crippen LogP contribution is 2.14. The third-order valence-electron chi connectivity index (χ3n) is 1.90. The minimum absolute atomic E-state index is 0.148. The maximum Gasteiger partial charge on any atom is 0.325 e. The van der Waals surface area contributed by atoms with E-state index in [2.05, 4.69) is 19.5 Å². The smallest absolute Gasteiger partial charge is 0.325 e. The van der Waals surface area contributed by atoms with Crippen LogP contribution >= 0.6 is 0 Å². The summed E-state index contributed by atoms with van der Waals surface area (Å²) < 4.78 is 31.3. The Labute approximate surface area is 101 Å². The number of rotatable bonds is 5. The third-order valence-corrected chi connectivity index (χ3v) is 3.24. The summed E-state index contributed by atoms with van der Waals surface area (Å²) in [5.41, 5.74) is 0.168. The molecule has 0 atom stereocenters. The van der Waals surface area contributed by atoms with E-state index in [0.29, 0.717) is 0 Å². The molecule has 0 fully saturated rings. The standard InChI is InChI=1S/C8H8N4O5S/c13-8(14)4-12-3-7(2-9-12)18(15,16)11-6-1-10-17-5-6/h1-3,5,11H,4H2,(H,13,14). The van der Waals surface area contributed by atoms with Crippen molar-refractivity contribution in [1.82, 2.24) is 14.9 Å². The van der Waals surface area contributed by atoms with Gasteiger partial charge in [-0.05, 0) is 0 Å². The van der Waals surface area contributed by atoms with Gasteiger partial charge in [-0.3, -0.25) is 14.2 Å². The number of nitrogens with one attached hydrogen (secondary N) is 1. The average molecular weight is 272 g/mol. The molecule has 0 saturated carbocycles. The quantitative estimate of drug-likeness (QED) is 0.768. The summed E-state index contributed by atoms with van der Waals surface area (Å²) in [6.45, 7) is -0.414. The zero-order chi connectivity index (χ0) is 13.2. The van der Waals surface area contributed by atoms with Crippen molar-refractivity contribution in [3.05, 3.63) is 24.9 Å². The largest absolute Gasteiger partial charge is 0.480 e. The minimum Gasteiger partial charge on any atom is -0.480 e. The SMILES string of the molecule is O=C(O)Cn1cc(S(=O)(=O)Nc2cnoc2)cn1. The molecule has 10 heteroatoms. The number of anilines is 1. The molecular formula is C8H8N4O5S. The van der Waals surface area contributed by atoms with Gasteiger partial charge in [-0.25, -0.2) is 8.42 Å². The van der Waals surface area contributed by atoms with Crippen molar-refractivity contribution in [3.63, 3.8) is 0 Å². The number of carbonyl (C=O) groups is 1. The number of nitrogens with zero attached hydrogens (tertiary/aromatic N) is 3. The second-order valence-corrected chi connectivity index (χ2v) is 4.97. The predicted octanol–water partition coefficient (Wildman–Crippen LogP) is -0.244. The molecule has 0 aliphatic carbocycles. The second-order valence-electron chi connectivity index (χ2n) is 3.29. The summed E-state index contributed by atoms with van der Waals surface area (Å²) in [5, 5.41) is 15.5. The Morgan fingerprint density at radius 1 is 1.50 bits per heavy atom. The van der Waals surface area contributed by atoms with Gasteiger partial charge in [0.05, 0.1) is 12.4 Å². The van der Waals surface area contributed by atoms with Crippen LogP contribution in [0.1, 0.15) is 0 Å². The van der Waals surface area contributed by atoms with Crippen LogP contribution in [-0.4, -0.2) is 34.4 Å². The second kappa shape index (κ2) is 4.49. The number of aliphatic carboxylic acids is 1. The van der Waals surface area contributed by atoms with Crippen LogP contribution in [0.25, 0.3) is 0 Å². The Bertz CT molecular complexity index is 645. The van der Waals surface area contributed by atoms with Crippen LogP contribution in [0.4, 0.5) is 5.69 Å². The molecule has 9 nitrogen and oxygen atoms in total. The van der Waals surface area contributed by atoms with Crippen LogP contribution in [0.3, 0.4) is 0 Å². The lowest BCUT2D eigenvalue weighted by atomic mass is 10.6. The Morgan fingerprint density at radius 3 is 2.89 bits per heavy atom. The van der Waals surface area contributed by atoms with Gasteiger partial charge in [0.15, 0.2) is 0 Å². The molecule has 0 saturated heterocycles. The normalized spacial score (nSPS) is 11.3. The van der Waals surface area contributed by atoms with Gasteiger partial charge in [-0.2, -0.15) is 5.10 Å². The van der Waals surface area contributed by atoms with Crippen LogP contribution < -0.4 is 4.72 Å².